The molecule has 0 saturated carbocycles. The number of likely N-dealkylation sites (tertiary alicyclic amines) is 2. The molecular weight excluding hydrogens is 342 g/mol. The van der Waals surface area contributed by atoms with Crippen molar-refractivity contribution in [1.29, 1.82) is 0 Å². The second-order valence-corrected chi connectivity index (χ2v) is 8.80. The van der Waals surface area contributed by atoms with Crippen LogP contribution in [0.15, 0.2) is 24.3 Å². The summed E-state index contributed by atoms with van der Waals surface area (Å²) in [6.45, 7) is 4.52. The largest absolute Gasteiger partial charge is 0.341 e. The number of carbonyl (C=O) groups is 1. The lowest BCUT2D eigenvalue weighted by atomic mass is 9.98. The molecule has 1 aromatic heterocycles. The molecule has 4 nitrogen and oxygen atoms in total. The molecule has 3 heterocycles. The van der Waals surface area contributed by atoms with Crippen LogP contribution in [-0.4, -0.2) is 53.4 Å². The van der Waals surface area contributed by atoms with Gasteiger partial charge in [-0.15, -0.1) is 11.3 Å². The van der Waals surface area contributed by atoms with Gasteiger partial charge in [-0.25, -0.2) is 4.98 Å². The highest BCUT2D eigenvalue weighted by Crippen LogP contribution is 2.33. The average molecular weight is 372 g/mol. The van der Waals surface area contributed by atoms with Crippen molar-refractivity contribution in [3.05, 3.63) is 29.3 Å². The number of amides is 1. The molecule has 26 heavy (non-hydrogen) atoms. The maximum absolute atomic E-state index is 12.9. The van der Waals surface area contributed by atoms with E-state index in [1.165, 1.54) is 41.8 Å². The van der Waals surface area contributed by atoms with Crippen LogP contribution in [0.2, 0.25) is 0 Å². The third kappa shape index (κ3) is 4.26. The number of nitrogens with zero attached hydrogens (tertiary/aromatic N) is 3. The van der Waals surface area contributed by atoms with Gasteiger partial charge in [-0.1, -0.05) is 31.4 Å². The fourth-order valence-corrected chi connectivity index (χ4v) is 5.33. The predicted octanol–water partition coefficient (Wildman–Crippen LogP) is 4.27. The molecule has 0 aliphatic carbocycles. The molecule has 1 atom stereocenters. The Bertz CT molecular complexity index is 703. The molecule has 5 heteroatoms. The summed E-state index contributed by atoms with van der Waals surface area (Å²) in [6, 6.07) is 8.35. The molecule has 1 amide bonds. The van der Waals surface area contributed by atoms with E-state index in [4.69, 9.17) is 4.98 Å². The molecular formula is C21H29N3OS. The zero-order valence-electron chi connectivity index (χ0n) is 15.5. The number of para-hydroxylation sites is 1. The van der Waals surface area contributed by atoms with E-state index < -0.39 is 0 Å². The molecule has 0 radical (unpaired) electrons. The monoisotopic (exact) mass is 371 g/mol. The Hall–Kier alpha value is -1.46. The molecule has 0 bridgehead atoms. The van der Waals surface area contributed by atoms with E-state index in [-0.39, 0.29) is 0 Å². The Kier molecular flexibility index (Phi) is 5.85. The molecule has 2 aliphatic heterocycles. The first kappa shape index (κ1) is 17.9. The summed E-state index contributed by atoms with van der Waals surface area (Å²) in [5.41, 5.74) is 1.09. The number of hydrogen-bond donors (Lipinski definition) is 0. The van der Waals surface area contributed by atoms with E-state index in [1.807, 2.05) is 6.07 Å². The Morgan fingerprint density at radius 2 is 1.81 bits per heavy atom. The van der Waals surface area contributed by atoms with Gasteiger partial charge in [-0.05, 0) is 50.9 Å². The van der Waals surface area contributed by atoms with Gasteiger partial charge in [0.25, 0.3) is 0 Å². The highest BCUT2D eigenvalue weighted by molar-refractivity contribution is 7.18. The normalized spacial score (nSPS) is 22.9. The van der Waals surface area contributed by atoms with Crippen LogP contribution in [-0.2, 0) is 4.79 Å². The van der Waals surface area contributed by atoms with Gasteiger partial charge in [0, 0.05) is 19.0 Å². The number of aromatic nitrogens is 1. The maximum atomic E-state index is 12.9. The minimum Gasteiger partial charge on any atom is -0.341 e. The van der Waals surface area contributed by atoms with Crippen LogP contribution in [0.1, 0.15) is 55.9 Å². The lowest BCUT2D eigenvalue weighted by molar-refractivity contribution is -0.133. The predicted molar refractivity (Wildman–Crippen MR) is 108 cm³/mol. The van der Waals surface area contributed by atoms with Gasteiger partial charge in [-0.2, -0.15) is 0 Å². The Morgan fingerprint density at radius 3 is 2.62 bits per heavy atom. The summed E-state index contributed by atoms with van der Waals surface area (Å²) in [7, 11) is 0. The second-order valence-electron chi connectivity index (χ2n) is 7.74. The van der Waals surface area contributed by atoms with Crippen molar-refractivity contribution in [2.75, 3.05) is 32.7 Å². The summed E-state index contributed by atoms with van der Waals surface area (Å²) in [4.78, 5) is 22.2. The molecule has 2 fully saturated rings. The summed E-state index contributed by atoms with van der Waals surface area (Å²) in [5.74, 6) is 0.716. The molecule has 2 aliphatic rings. The van der Waals surface area contributed by atoms with Gasteiger partial charge in [0.2, 0.25) is 5.91 Å². The first-order valence-corrected chi connectivity index (χ1v) is 11.0. The fourth-order valence-electron chi connectivity index (χ4n) is 4.23. The molecule has 2 aromatic rings. The molecule has 2 saturated heterocycles. The van der Waals surface area contributed by atoms with Crippen LogP contribution in [0.4, 0.5) is 0 Å². The average Bonchev–Trinajstić information content (AvgIpc) is 3.08. The van der Waals surface area contributed by atoms with Gasteiger partial charge < -0.3 is 4.90 Å². The van der Waals surface area contributed by atoms with Crippen molar-refractivity contribution in [3.8, 4) is 0 Å². The van der Waals surface area contributed by atoms with Gasteiger partial charge >= 0.3 is 0 Å². The Morgan fingerprint density at radius 1 is 1.04 bits per heavy atom. The van der Waals surface area contributed by atoms with E-state index in [0.717, 1.165) is 44.5 Å². The van der Waals surface area contributed by atoms with Gasteiger partial charge in [0.1, 0.15) is 0 Å². The van der Waals surface area contributed by atoms with E-state index in [9.17, 15) is 4.79 Å². The van der Waals surface area contributed by atoms with Crippen molar-refractivity contribution in [2.45, 2.75) is 50.9 Å². The maximum Gasteiger partial charge on any atom is 0.236 e. The Labute approximate surface area is 160 Å². The first-order valence-electron chi connectivity index (χ1n) is 10.2. The van der Waals surface area contributed by atoms with Crippen molar-refractivity contribution >= 4 is 27.5 Å². The quantitative estimate of drug-likeness (QED) is 0.808. The molecule has 0 unspecified atom stereocenters. The SMILES string of the molecule is O=C(CN1CCCCCCC1)N1CCC[C@H](c2nc3ccccc3s2)C1. The lowest BCUT2D eigenvalue weighted by Gasteiger charge is -2.34. The molecule has 0 N–H and O–H groups in total. The molecule has 140 valence electrons. The summed E-state index contributed by atoms with van der Waals surface area (Å²) in [6.07, 6.45) is 8.70. The highest BCUT2D eigenvalue weighted by Gasteiger charge is 2.27. The first-order chi connectivity index (χ1) is 12.8. The van der Waals surface area contributed by atoms with E-state index in [1.54, 1.807) is 11.3 Å². The summed E-state index contributed by atoms with van der Waals surface area (Å²) >= 11 is 1.80. The zero-order valence-corrected chi connectivity index (χ0v) is 16.3. The van der Waals surface area contributed by atoms with Gasteiger partial charge in [0.15, 0.2) is 0 Å². The van der Waals surface area contributed by atoms with E-state index >= 15 is 0 Å². The number of rotatable bonds is 3. The fraction of sp³-hybridized carbons (Fsp3) is 0.619. The van der Waals surface area contributed by atoms with Crippen LogP contribution in [0.3, 0.4) is 0 Å². The van der Waals surface area contributed by atoms with Gasteiger partial charge in [-0.3, -0.25) is 9.69 Å². The van der Waals surface area contributed by atoms with Crippen LogP contribution in [0.5, 0.6) is 0 Å². The van der Waals surface area contributed by atoms with Crippen LogP contribution >= 0.6 is 11.3 Å². The van der Waals surface area contributed by atoms with Crippen molar-refractivity contribution in [1.82, 2.24) is 14.8 Å². The minimum atomic E-state index is 0.316. The second kappa shape index (κ2) is 8.49. The van der Waals surface area contributed by atoms with E-state index in [2.05, 4.69) is 28.0 Å². The third-order valence-electron chi connectivity index (χ3n) is 5.74. The van der Waals surface area contributed by atoms with Crippen molar-refractivity contribution < 1.29 is 4.79 Å². The number of thiazole rings is 1. The number of piperidine rings is 1. The van der Waals surface area contributed by atoms with Crippen molar-refractivity contribution in [3.63, 3.8) is 0 Å². The molecule has 1 aromatic carbocycles. The smallest absolute Gasteiger partial charge is 0.236 e. The summed E-state index contributed by atoms with van der Waals surface area (Å²) < 4.78 is 1.26. The standard InChI is InChI=1S/C21H29N3OS/c25-20(16-23-12-6-2-1-3-7-13-23)24-14-8-9-17(15-24)21-22-18-10-4-5-11-19(18)26-21/h4-5,10-11,17H,1-3,6-9,12-16H2/t17-/m0/s1. The van der Waals surface area contributed by atoms with Crippen LogP contribution in [0, 0.1) is 0 Å². The van der Waals surface area contributed by atoms with E-state index in [0.29, 0.717) is 18.4 Å². The van der Waals surface area contributed by atoms with Crippen molar-refractivity contribution in [2.24, 2.45) is 0 Å². The van der Waals surface area contributed by atoms with Gasteiger partial charge in [0.05, 0.1) is 21.8 Å². The van der Waals surface area contributed by atoms with Crippen LogP contribution < -0.4 is 0 Å². The van der Waals surface area contributed by atoms with Crippen LogP contribution in [0.25, 0.3) is 10.2 Å². The zero-order chi connectivity index (χ0) is 17.8. The Balaban J connectivity index is 1.38. The molecule has 0 spiro atoms. The molecule has 4 rings (SSSR count). The topological polar surface area (TPSA) is 36.4 Å². The number of benzene rings is 1. The number of fused-ring (bicyclic) bond motifs is 1. The lowest BCUT2D eigenvalue weighted by Crippen LogP contribution is -2.45. The summed E-state index contributed by atoms with van der Waals surface area (Å²) in [5, 5.41) is 1.20. The number of hydrogen-bond acceptors (Lipinski definition) is 4. The number of carbonyl (C=O) groups excluding carboxylic acids is 1. The third-order valence-corrected chi connectivity index (χ3v) is 6.94. The minimum absolute atomic E-state index is 0.316. The highest BCUT2D eigenvalue weighted by atomic mass is 32.1.